The number of hydrogen-bond acceptors (Lipinski definition) is 4. The number of amides is 1. The van der Waals surface area contributed by atoms with Crippen LogP contribution in [-0.4, -0.2) is 35.9 Å². The number of rotatable bonds is 10. The van der Waals surface area contributed by atoms with Crippen molar-refractivity contribution in [1.29, 1.82) is 0 Å². The Hall–Kier alpha value is -2.47. The zero-order valence-corrected chi connectivity index (χ0v) is 16.5. The number of carbonyl (C=O) groups is 2. The molecule has 5 nitrogen and oxygen atoms in total. The molecule has 2 N–H and O–H groups in total. The fourth-order valence-electron chi connectivity index (χ4n) is 2.40. The fraction of sp³-hybridized carbons (Fsp3) is 0.333. The van der Waals surface area contributed by atoms with Gasteiger partial charge >= 0.3 is 5.97 Å². The molecule has 2 aromatic carbocycles. The number of ether oxygens (including phenoxy) is 1. The van der Waals surface area contributed by atoms with Crippen LogP contribution in [0.5, 0.6) is 5.75 Å². The highest BCUT2D eigenvalue weighted by molar-refractivity contribution is 7.99. The minimum atomic E-state index is -1.00. The lowest BCUT2D eigenvalue weighted by Crippen LogP contribution is -2.25. The van der Waals surface area contributed by atoms with Crippen molar-refractivity contribution in [3.05, 3.63) is 59.2 Å². The number of hydrogen-bond donors (Lipinski definition) is 2. The van der Waals surface area contributed by atoms with Gasteiger partial charge in [0.15, 0.2) is 6.61 Å². The fourth-order valence-corrected chi connectivity index (χ4v) is 3.34. The Kier molecular flexibility index (Phi) is 8.20. The first kappa shape index (κ1) is 20.8. The second-order valence-corrected chi connectivity index (χ2v) is 7.44. The summed E-state index contributed by atoms with van der Waals surface area (Å²) in [7, 11) is 0. The molecule has 2 rings (SSSR count). The first-order chi connectivity index (χ1) is 12.9. The van der Waals surface area contributed by atoms with Gasteiger partial charge < -0.3 is 15.2 Å². The highest BCUT2D eigenvalue weighted by Gasteiger charge is 2.04. The van der Waals surface area contributed by atoms with E-state index in [1.807, 2.05) is 12.1 Å². The average molecular weight is 388 g/mol. The number of aryl methyl sites for hydroxylation is 2. The normalized spacial score (nSPS) is 10.4. The largest absolute Gasteiger partial charge is 0.482 e. The van der Waals surface area contributed by atoms with Gasteiger partial charge in [0.25, 0.3) is 0 Å². The second kappa shape index (κ2) is 10.6. The van der Waals surface area contributed by atoms with Crippen LogP contribution in [-0.2, 0) is 16.0 Å². The molecule has 0 bridgehead atoms. The van der Waals surface area contributed by atoms with Crippen LogP contribution in [0.2, 0.25) is 0 Å². The number of carbonyl (C=O) groups excluding carboxylic acids is 1. The van der Waals surface area contributed by atoms with Gasteiger partial charge in [0.1, 0.15) is 5.75 Å². The summed E-state index contributed by atoms with van der Waals surface area (Å²) < 4.78 is 5.09. The standard InChI is InChI=1S/C21H25NO4S/c1-15-3-8-19(13-16(15)2)27-12-10-20(23)22-11-9-17-4-6-18(7-5-17)26-14-21(24)25/h3-8,13H,9-12,14H2,1-2H3,(H,22,23)(H,24,25). The van der Waals surface area contributed by atoms with E-state index in [0.717, 1.165) is 17.7 Å². The summed E-state index contributed by atoms with van der Waals surface area (Å²) in [6.07, 6.45) is 1.20. The molecule has 0 heterocycles. The smallest absolute Gasteiger partial charge is 0.341 e. The van der Waals surface area contributed by atoms with E-state index < -0.39 is 5.97 Å². The maximum Gasteiger partial charge on any atom is 0.341 e. The van der Waals surface area contributed by atoms with E-state index in [0.29, 0.717) is 18.7 Å². The molecule has 0 unspecified atom stereocenters. The Morgan fingerprint density at radius 2 is 1.81 bits per heavy atom. The topological polar surface area (TPSA) is 75.6 Å². The third-order valence-corrected chi connectivity index (χ3v) is 5.09. The zero-order valence-electron chi connectivity index (χ0n) is 15.7. The number of carboxylic acids is 1. The summed E-state index contributed by atoms with van der Waals surface area (Å²) >= 11 is 1.69. The van der Waals surface area contributed by atoms with Crippen molar-refractivity contribution >= 4 is 23.6 Å². The van der Waals surface area contributed by atoms with Gasteiger partial charge in [0.2, 0.25) is 5.91 Å². The van der Waals surface area contributed by atoms with E-state index in [4.69, 9.17) is 9.84 Å². The Balaban J connectivity index is 1.64. The predicted octanol–water partition coefficient (Wildman–Crippen LogP) is 3.61. The van der Waals surface area contributed by atoms with Crippen LogP contribution in [0.15, 0.2) is 47.4 Å². The SMILES string of the molecule is Cc1ccc(SCCC(=O)NCCc2ccc(OCC(=O)O)cc2)cc1C. The van der Waals surface area contributed by atoms with Crippen LogP contribution in [0.1, 0.15) is 23.1 Å². The van der Waals surface area contributed by atoms with Gasteiger partial charge in [0, 0.05) is 23.6 Å². The maximum atomic E-state index is 11.9. The van der Waals surface area contributed by atoms with E-state index in [9.17, 15) is 9.59 Å². The number of thioether (sulfide) groups is 1. The second-order valence-electron chi connectivity index (χ2n) is 6.27. The summed E-state index contributed by atoms with van der Waals surface area (Å²) in [4.78, 5) is 23.6. The molecule has 1 amide bonds. The summed E-state index contributed by atoms with van der Waals surface area (Å²) in [5, 5.41) is 11.5. The Morgan fingerprint density at radius 1 is 1.07 bits per heavy atom. The molecule has 2 aromatic rings. The van der Waals surface area contributed by atoms with Gasteiger partial charge in [-0.25, -0.2) is 4.79 Å². The van der Waals surface area contributed by atoms with Gasteiger partial charge in [-0.1, -0.05) is 18.2 Å². The van der Waals surface area contributed by atoms with Crippen molar-refractivity contribution in [1.82, 2.24) is 5.32 Å². The van der Waals surface area contributed by atoms with Gasteiger partial charge in [0.05, 0.1) is 0 Å². The first-order valence-electron chi connectivity index (χ1n) is 8.84. The van der Waals surface area contributed by atoms with E-state index in [2.05, 4.69) is 37.4 Å². The Morgan fingerprint density at radius 3 is 2.48 bits per heavy atom. The minimum Gasteiger partial charge on any atom is -0.482 e. The lowest BCUT2D eigenvalue weighted by atomic mass is 10.1. The molecule has 0 saturated carbocycles. The Bertz CT molecular complexity index is 774. The molecule has 0 aliphatic rings. The molecular weight excluding hydrogens is 362 g/mol. The number of nitrogens with one attached hydrogen (secondary N) is 1. The molecular formula is C21H25NO4S. The van der Waals surface area contributed by atoms with Crippen molar-refractivity contribution in [3.63, 3.8) is 0 Å². The first-order valence-corrected chi connectivity index (χ1v) is 9.83. The molecule has 144 valence electrons. The molecule has 0 spiro atoms. The van der Waals surface area contributed by atoms with Crippen LogP contribution in [0.25, 0.3) is 0 Å². The van der Waals surface area contributed by atoms with Crippen molar-refractivity contribution in [2.24, 2.45) is 0 Å². The molecule has 6 heteroatoms. The third kappa shape index (κ3) is 7.74. The minimum absolute atomic E-state index is 0.0488. The number of benzene rings is 2. The summed E-state index contributed by atoms with van der Waals surface area (Å²) in [6.45, 7) is 4.41. The van der Waals surface area contributed by atoms with Crippen molar-refractivity contribution in [2.75, 3.05) is 18.9 Å². The molecule has 0 fully saturated rings. The summed E-state index contributed by atoms with van der Waals surface area (Å²) in [5.41, 5.74) is 3.60. The molecule has 0 radical (unpaired) electrons. The summed E-state index contributed by atoms with van der Waals surface area (Å²) in [5.74, 6) is 0.322. The number of aliphatic carboxylic acids is 1. The van der Waals surface area contributed by atoms with Gasteiger partial charge in [-0.15, -0.1) is 11.8 Å². The number of carboxylic acid groups (broad SMARTS) is 1. The zero-order chi connectivity index (χ0) is 19.6. The van der Waals surface area contributed by atoms with Gasteiger partial charge in [-0.2, -0.15) is 0 Å². The molecule has 27 heavy (non-hydrogen) atoms. The van der Waals surface area contributed by atoms with Crippen molar-refractivity contribution < 1.29 is 19.4 Å². The van der Waals surface area contributed by atoms with Gasteiger partial charge in [-0.3, -0.25) is 4.79 Å². The lowest BCUT2D eigenvalue weighted by Gasteiger charge is -2.08. The lowest BCUT2D eigenvalue weighted by molar-refractivity contribution is -0.139. The van der Waals surface area contributed by atoms with Gasteiger partial charge in [-0.05, 0) is 61.2 Å². The van der Waals surface area contributed by atoms with E-state index in [1.165, 1.54) is 16.0 Å². The van der Waals surface area contributed by atoms with Crippen LogP contribution in [0, 0.1) is 13.8 Å². The van der Waals surface area contributed by atoms with E-state index in [1.54, 1.807) is 23.9 Å². The quantitative estimate of drug-likeness (QED) is 0.609. The van der Waals surface area contributed by atoms with E-state index in [-0.39, 0.29) is 12.5 Å². The maximum absolute atomic E-state index is 11.9. The summed E-state index contributed by atoms with van der Waals surface area (Å²) in [6, 6.07) is 13.6. The van der Waals surface area contributed by atoms with Crippen LogP contribution >= 0.6 is 11.8 Å². The molecule has 0 atom stereocenters. The van der Waals surface area contributed by atoms with Crippen LogP contribution in [0.3, 0.4) is 0 Å². The van der Waals surface area contributed by atoms with Crippen molar-refractivity contribution in [3.8, 4) is 5.75 Å². The molecule has 0 aromatic heterocycles. The molecule has 0 aliphatic carbocycles. The monoisotopic (exact) mass is 387 g/mol. The highest BCUT2D eigenvalue weighted by Crippen LogP contribution is 2.21. The average Bonchev–Trinajstić information content (AvgIpc) is 2.64. The molecule has 0 saturated heterocycles. The van der Waals surface area contributed by atoms with Crippen molar-refractivity contribution in [2.45, 2.75) is 31.6 Å². The predicted molar refractivity (Wildman–Crippen MR) is 108 cm³/mol. The van der Waals surface area contributed by atoms with E-state index >= 15 is 0 Å². The third-order valence-electron chi connectivity index (χ3n) is 4.10. The van der Waals surface area contributed by atoms with Crippen LogP contribution < -0.4 is 10.1 Å². The van der Waals surface area contributed by atoms with Crippen LogP contribution in [0.4, 0.5) is 0 Å². The highest BCUT2D eigenvalue weighted by atomic mass is 32.2. The molecule has 0 aliphatic heterocycles. The Labute approximate surface area is 164 Å².